The number of nitriles is 1. The molecule has 0 aliphatic carbocycles. The first-order chi connectivity index (χ1) is 7.86. The average molecular weight is 234 g/mol. The molecule has 0 aromatic carbocycles. The van der Waals surface area contributed by atoms with Crippen molar-refractivity contribution in [1.29, 1.82) is 5.26 Å². The molecule has 86 valence electrons. The maximum absolute atomic E-state index is 8.58. The van der Waals surface area contributed by atoms with Gasteiger partial charge >= 0.3 is 0 Å². The molecule has 0 spiro atoms. The van der Waals surface area contributed by atoms with Crippen molar-refractivity contribution < 1.29 is 0 Å². The zero-order chi connectivity index (χ0) is 11.4. The number of unbranched alkanes of at least 4 members (excludes halogenated alkanes) is 1. The zero-order valence-electron chi connectivity index (χ0n) is 9.78. The van der Waals surface area contributed by atoms with Gasteiger partial charge in [0, 0.05) is 23.9 Å². The minimum atomic E-state index is 0.591. The number of thiophene rings is 1. The monoisotopic (exact) mass is 234 g/mol. The largest absolute Gasteiger partial charge is 0.296 e. The Hall–Kier alpha value is -0.850. The smallest absolute Gasteiger partial charge is 0.0622 e. The maximum atomic E-state index is 8.58. The number of nitrogens with zero attached hydrogens (tertiary/aromatic N) is 2. The molecular formula is C13H18N2S. The van der Waals surface area contributed by atoms with E-state index in [1.54, 1.807) is 4.88 Å². The van der Waals surface area contributed by atoms with E-state index in [1.165, 1.54) is 18.4 Å². The number of fused-ring (bicyclic) bond motifs is 1. The minimum absolute atomic E-state index is 0.591. The van der Waals surface area contributed by atoms with E-state index in [9.17, 15) is 0 Å². The van der Waals surface area contributed by atoms with Crippen LogP contribution in [-0.4, -0.2) is 18.0 Å². The summed E-state index contributed by atoms with van der Waals surface area (Å²) in [4.78, 5) is 4.12. The van der Waals surface area contributed by atoms with Crippen LogP contribution in [0.2, 0.25) is 0 Å². The lowest BCUT2D eigenvalue weighted by Gasteiger charge is -2.35. The molecule has 0 fully saturated rings. The lowest BCUT2D eigenvalue weighted by molar-refractivity contribution is 0.180. The maximum Gasteiger partial charge on any atom is 0.0622 e. The summed E-state index contributed by atoms with van der Waals surface area (Å²) in [6.45, 7) is 4.49. The Bertz CT molecular complexity index is 378. The third-order valence-electron chi connectivity index (χ3n) is 3.33. The second-order valence-electron chi connectivity index (χ2n) is 4.27. The molecule has 16 heavy (non-hydrogen) atoms. The molecule has 3 heteroatoms. The van der Waals surface area contributed by atoms with Crippen molar-refractivity contribution in [3.63, 3.8) is 0 Å². The number of hydrogen-bond donors (Lipinski definition) is 0. The van der Waals surface area contributed by atoms with Gasteiger partial charge in [0.2, 0.25) is 0 Å². The molecule has 1 aromatic heterocycles. The molecule has 1 atom stereocenters. The van der Waals surface area contributed by atoms with Crippen molar-refractivity contribution in [3.05, 3.63) is 21.9 Å². The summed E-state index contributed by atoms with van der Waals surface area (Å²) in [6.07, 6.45) is 4.06. The van der Waals surface area contributed by atoms with E-state index in [4.69, 9.17) is 5.26 Å². The highest BCUT2D eigenvalue weighted by molar-refractivity contribution is 7.10. The van der Waals surface area contributed by atoms with Crippen LogP contribution in [0, 0.1) is 11.3 Å². The molecule has 2 nitrogen and oxygen atoms in total. The van der Waals surface area contributed by atoms with Crippen LogP contribution in [0.15, 0.2) is 11.4 Å². The molecule has 0 amide bonds. The SMILES string of the molecule is CCC1c2ccsc2CCN1CCCC#N. The molecule has 1 unspecified atom stereocenters. The highest BCUT2D eigenvalue weighted by Gasteiger charge is 2.25. The van der Waals surface area contributed by atoms with Gasteiger partial charge in [-0.2, -0.15) is 5.26 Å². The van der Waals surface area contributed by atoms with Crippen LogP contribution in [0.5, 0.6) is 0 Å². The molecule has 1 aliphatic rings. The van der Waals surface area contributed by atoms with Crippen LogP contribution < -0.4 is 0 Å². The van der Waals surface area contributed by atoms with E-state index in [0.717, 1.165) is 19.5 Å². The molecular weight excluding hydrogens is 216 g/mol. The molecule has 0 saturated carbocycles. The predicted octanol–water partition coefficient (Wildman–Crippen LogP) is 3.36. The molecule has 1 aromatic rings. The van der Waals surface area contributed by atoms with Gasteiger partial charge in [-0.15, -0.1) is 11.3 Å². The Kier molecular flexibility index (Phi) is 3.98. The summed E-state index contributed by atoms with van der Waals surface area (Å²) in [5.41, 5.74) is 1.54. The van der Waals surface area contributed by atoms with E-state index >= 15 is 0 Å². The first-order valence-corrected chi connectivity index (χ1v) is 6.92. The highest BCUT2D eigenvalue weighted by atomic mass is 32.1. The normalized spacial score (nSPS) is 20.4. The Balaban J connectivity index is 2.03. The van der Waals surface area contributed by atoms with Crippen molar-refractivity contribution >= 4 is 11.3 Å². The predicted molar refractivity (Wildman–Crippen MR) is 67.5 cm³/mol. The van der Waals surface area contributed by atoms with Gasteiger partial charge in [-0.3, -0.25) is 4.90 Å². The van der Waals surface area contributed by atoms with Crippen LogP contribution in [0.4, 0.5) is 0 Å². The van der Waals surface area contributed by atoms with Gasteiger partial charge < -0.3 is 0 Å². The molecule has 0 bridgehead atoms. The second-order valence-corrected chi connectivity index (χ2v) is 5.27. The summed E-state index contributed by atoms with van der Waals surface area (Å²) in [5.74, 6) is 0. The van der Waals surface area contributed by atoms with Gasteiger partial charge in [-0.05, 0) is 42.8 Å². The molecule has 0 radical (unpaired) electrons. The van der Waals surface area contributed by atoms with Crippen LogP contribution in [0.25, 0.3) is 0 Å². The summed E-state index contributed by atoms with van der Waals surface area (Å²) in [5, 5.41) is 10.8. The zero-order valence-corrected chi connectivity index (χ0v) is 10.6. The lowest BCUT2D eigenvalue weighted by atomic mass is 9.97. The molecule has 2 heterocycles. The Morgan fingerprint density at radius 1 is 1.62 bits per heavy atom. The molecule has 0 saturated heterocycles. The standard InChI is InChI=1S/C13H18N2S/c1-2-12-11-6-10-16-13(11)5-9-15(12)8-4-3-7-14/h6,10,12H,2-5,8-9H2,1H3. The van der Waals surface area contributed by atoms with Gasteiger partial charge in [0.05, 0.1) is 6.07 Å². The van der Waals surface area contributed by atoms with Crippen LogP contribution in [0.1, 0.15) is 42.7 Å². The summed E-state index contributed by atoms with van der Waals surface area (Å²) >= 11 is 1.90. The van der Waals surface area contributed by atoms with Gasteiger partial charge in [-0.25, -0.2) is 0 Å². The van der Waals surface area contributed by atoms with Gasteiger partial charge in [0.1, 0.15) is 0 Å². The Morgan fingerprint density at radius 2 is 2.50 bits per heavy atom. The average Bonchev–Trinajstić information content (AvgIpc) is 2.77. The van der Waals surface area contributed by atoms with E-state index < -0.39 is 0 Å². The van der Waals surface area contributed by atoms with Crippen molar-refractivity contribution in [2.24, 2.45) is 0 Å². The first kappa shape index (κ1) is 11.6. The van der Waals surface area contributed by atoms with Crippen molar-refractivity contribution in [3.8, 4) is 6.07 Å². The fraction of sp³-hybridized carbons (Fsp3) is 0.615. The topological polar surface area (TPSA) is 27.0 Å². The highest BCUT2D eigenvalue weighted by Crippen LogP contribution is 2.35. The Labute approximate surface area is 102 Å². The fourth-order valence-electron chi connectivity index (χ4n) is 2.56. The van der Waals surface area contributed by atoms with Crippen LogP contribution in [0.3, 0.4) is 0 Å². The van der Waals surface area contributed by atoms with E-state index in [2.05, 4.69) is 29.3 Å². The molecule has 0 N–H and O–H groups in total. The van der Waals surface area contributed by atoms with Crippen LogP contribution in [-0.2, 0) is 6.42 Å². The van der Waals surface area contributed by atoms with Crippen molar-refractivity contribution in [1.82, 2.24) is 4.90 Å². The fourth-order valence-corrected chi connectivity index (χ4v) is 3.48. The summed E-state index contributed by atoms with van der Waals surface area (Å²) < 4.78 is 0. The minimum Gasteiger partial charge on any atom is -0.296 e. The summed E-state index contributed by atoms with van der Waals surface area (Å²) in [6, 6.07) is 5.10. The van der Waals surface area contributed by atoms with Crippen molar-refractivity contribution in [2.45, 2.75) is 38.6 Å². The van der Waals surface area contributed by atoms with Crippen molar-refractivity contribution in [2.75, 3.05) is 13.1 Å². The number of rotatable bonds is 4. The summed E-state index contributed by atoms with van der Waals surface area (Å²) in [7, 11) is 0. The van der Waals surface area contributed by atoms with Gasteiger partial charge in [0.15, 0.2) is 0 Å². The van der Waals surface area contributed by atoms with E-state index in [0.29, 0.717) is 12.5 Å². The Morgan fingerprint density at radius 3 is 3.25 bits per heavy atom. The van der Waals surface area contributed by atoms with E-state index in [1.807, 2.05) is 11.3 Å². The molecule has 1 aliphatic heterocycles. The van der Waals surface area contributed by atoms with E-state index in [-0.39, 0.29) is 0 Å². The second kappa shape index (κ2) is 5.47. The third-order valence-corrected chi connectivity index (χ3v) is 4.32. The van der Waals surface area contributed by atoms with Crippen LogP contribution >= 0.6 is 11.3 Å². The lowest BCUT2D eigenvalue weighted by Crippen LogP contribution is -2.35. The quantitative estimate of drug-likeness (QED) is 0.747. The first-order valence-electron chi connectivity index (χ1n) is 6.04. The van der Waals surface area contributed by atoms with Gasteiger partial charge in [0.25, 0.3) is 0 Å². The van der Waals surface area contributed by atoms with Gasteiger partial charge in [-0.1, -0.05) is 6.92 Å². The molecule has 2 rings (SSSR count). The number of hydrogen-bond acceptors (Lipinski definition) is 3. The third kappa shape index (κ3) is 2.28.